The lowest BCUT2D eigenvalue weighted by atomic mass is 10.1. The molecule has 1 heterocycles. The number of hydrogen-bond donors (Lipinski definition) is 2. The fourth-order valence-electron chi connectivity index (χ4n) is 2.21. The van der Waals surface area contributed by atoms with Crippen LogP contribution in [0.5, 0.6) is 0 Å². The Labute approximate surface area is 149 Å². The molecule has 0 bridgehead atoms. The molecule has 0 radical (unpaired) electrons. The Balaban J connectivity index is 1.87. The number of aromatic nitrogens is 1. The molecule has 132 valence electrons. The van der Waals surface area contributed by atoms with Crippen LogP contribution in [0.1, 0.15) is 10.4 Å². The molecule has 0 unspecified atom stereocenters. The minimum Gasteiger partial charge on any atom is -0.306 e. The number of pyridine rings is 1. The lowest BCUT2D eigenvalue weighted by Gasteiger charge is -2.12. The predicted octanol–water partition coefficient (Wildman–Crippen LogP) is 3.27. The zero-order valence-electron chi connectivity index (χ0n) is 13.4. The molecular formula is C18H14FN3O3S. The molecule has 0 aliphatic heterocycles. The monoisotopic (exact) mass is 371 g/mol. The standard InChI is InChI=1S/C18H14FN3O3S/c19-13-8-10-14(11-9-13)26(24,25)22-16-6-2-1-5-15(16)18(23)21-17-7-3-4-12-20-17/h1-12,22H,(H,20,21,23). The first kappa shape index (κ1) is 17.6. The van der Waals surface area contributed by atoms with Gasteiger partial charge in [-0.3, -0.25) is 9.52 Å². The fraction of sp³-hybridized carbons (Fsp3) is 0. The first-order valence-corrected chi connectivity index (χ1v) is 9.04. The summed E-state index contributed by atoms with van der Waals surface area (Å²) in [5.74, 6) is -0.714. The normalized spacial score (nSPS) is 11.0. The van der Waals surface area contributed by atoms with E-state index >= 15 is 0 Å². The van der Waals surface area contributed by atoms with Crippen molar-refractivity contribution >= 4 is 27.4 Å². The van der Waals surface area contributed by atoms with Crippen LogP contribution in [-0.4, -0.2) is 19.3 Å². The number of benzene rings is 2. The van der Waals surface area contributed by atoms with Gasteiger partial charge >= 0.3 is 0 Å². The quantitative estimate of drug-likeness (QED) is 0.720. The highest BCUT2D eigenvalue weighted by Crippen LogP contribution is 2.21. The minimum atomic E-state index is -3.97. The number of hydrogen-bond acceptors (Lipinski definition) is 4. The van der Waals surface area contributed by atoms with E-state index in [0.717, 1.165) is 24.3 Å². The summed E-state index contributed by atoms with van der Waals surface area (Å²) in [4.78, 5) is 16.4. The number of sulfonamides is 1. The van der Waals surface area contributed by atoms with Crippen LogP contribution >= 0.6 is 0 Å². The number of anilines is 2. The second-order valence-electron chi connectivity index (χ2n) is 5.27. The second-order valence-corrected chi connectivity index (χ2v) is 6.96. The van der Waals surface area contributed by atoms with Crippen molar-refractivity contribution in [2.75, 3.05) is 10.0 Å². The van der Waals surface area contributed by atoms with Crippen LogP contribution in [0.25, 0.3) is 0 Å². The number of rotatable bonds is 5. The van der Waals surface area contributed by atoms with Gasteiger partial charge in [0.15, 0.2) is 0 Å². The van der Waals surface area contributed by atoms with Crippen molar-refractivity contribution in [3.05, 3.63) is 84.3 Å². The lowest BCUT2D eigenvalue weighted by molar-refractivity contribution is 0.102. The van der Waals surface area contributed by atoms with Gasteiger partial charge in [0.25, 0.3) is 15.9 Å². The van der Waals surface area contributed by atoms with Crippen LogP contribution in [0.3, 0.4) is 0 Å². The predicted molar refractivity (Wildman–Crippen MR) is 95.8 cm³/mol. The number of nitrogens with one attached hydrogen (secondary N) is 2. The smallest absolute Gasteiger partial charge is 0.261 e. The second kappa shape index (κ2) is 7.32. The van der Waals surface area contributed by atoms with Gasteiger partial charge in [0, 0.05) is 6.20 Å². The van der Waals surface area contributed by atoms with E-state index in [9.17, 15) is 17.6 Å². The molecule has 0 aliphatic rings. The van der Waals surface area contributed by atoms with Crippen LogP contribution < -0.4 is 10.0 Å². The molecular weight excluding hydrogens is 357 g/mol. The Hall–Kier alpha value is -3.26. The number of para-hydroxylation sites is 1. The summed E-state index contributed by atoms with van der Waals surface area (Å²) in [5, 5.41) is 2.60. The summed E-state index contributed by atoms with van der Waals surface area (Å²) in [7, 11) is -3.97. The van der Waals surface area contributed by atoms with Gasteiger partial charge in [-0.1, -0.05) is 18.2 Å². The van der Waals surface area contributed by atoms with Gasteiger partial charge in [-0.2, -0.15) is 0 Å². The number of amides is 1. The molecule has 0 atom stereocenters. The van der Waals surface area contributed by atoms with Crippen LogP contribution in [-0.2, 0) is 10.0 Å². The first-order chi connectivity index (χ1) is 12.5. The van der Waals surface area contributed by atoms with Crippen molar-refractivity contribution < 1.29 is 17.6 Å². The molecule has 1 amide bonds. The highest BCUT2D eigenvalue weighted by molar-refractivity contribution is 7.92. The van der Waals surface area contributed by atoms with E-state index < -0.39 is 21.7 Å². The average Bonchev–Trinajstić information content (AvgIpc) is 2.63. The largest absolute Gasteiger partial charge is 0.306 e. The summed E-state index contributed by atoms with van der Waals surface area (Å²) < 4.78 is 40.3. The molecule has 0 saturated carbocycles. The van der Waals surface area contributed by atoms with E-state index in [1.54, 1.807) is 30.3 Å². The molecule has 0 saturated heterocycles. The summed E-state index contributed by atoms with van der Waals surface area (Å²) in [6, 6.07) is 15.6. The van der Waals surface area contributed by atoms with Gasteiger partial charge in [0.2, 0.25) is 0 Å². The van der Waals surface area contributed by atoms with Gasteiger partial charge in [-0.05, 0) is 48.5 Å². The van der Waals surface area contributed by atoms with E-state index in [1.807, 2.05) is 0 Å². The molecule has 3 rings (SSSR count). The zero-order chi connectivity index (χ0) is 18.6. The van der Waals surface area contributed by atoms with Crippen LogP contribution in [0, 0.1) is 5.82 Å². The minimum absolute atomic E-state index is 0.102. The van der Waals surface area contributed by atoms with Gasteiger partial charge in [0.05, 0.1) is 16.1 Å². The Morgan fingerprint density at radius 3 is 2.31 bits per heavy atom. The Morgan fingerprint density at radius 1 is 0.923 bits per heavy atom. The SMILES string of the molecule is O=C(Nc1ccccn1)c1ccccc1NS(=O)(=O)c1ccc(F)cc1. The van der Waals surface area contributed by atoms with Crippen molar-refractivity contribution in [2.24, 2.45) is 0 Å². The van der Waals surface area contributed by atoms with Gasteiger partial charge in [0.1, 0.15) is 11.6 Å². The number of carbonyl (C=O) groups excluding carboxylic acids is 1. The molecule has 2 aromatic carbocycles. The van der Waals surface area contributed by atoms with Crippen LogP contribution in [0.2, 0.25) is 0 Å². The van der Waals surface area contributed by atoms with Crippen molar-refractivity contribution in [3.63, 3.8) is 0 Å². The van der Waals surface area contributed by atoms with E-state index in [4.69, 9.17) is 0 Å². The molecule has 0 aliphatic carbocycles. The average molecular weight is 371 g/mol. The van der Waals surface area contributed by atoms with Crippen molar-refractivity contribution in [2.45, 2.75) is 4.90 Å². The molecule has 3 aromatic rings. The van der Waals surface area contributed by atoms with Crippen molar-refractivity contribution in [1.82, 2.24) is 4.98 Å². The first-order valence-electron chi connectivity index (χ1n) is 7.55. The summed E-state index contributed by atoms with van der Waals surface area (Å²) >= 11 is 0. The van der Waals surface area contributed by atoms with E-state index in [2.05, 4.69) is 15.0 Å². The third-order valence-corrected chi connectivity index (χ3v) is 4.83. The molecule has 2 N–H and O–H groups in total. The summed E-state index contributed by atoms with van der Waals surface area (Å²) in [6.45, 7) is 0. The third kappa shape index (κ3) is 4.04. The highest BCUT2D eigenvalue weighted by atomic mass is 32.2. The molecule has 8 heteroatoms. The zero-order valence-corrected chi connectivity index (χ0v) is 14.2. The maximum atomic E-state index is 13.0. The van der Waals surface area contributed by atoms with Gasteiger partial charge < -0.3 is 5.32 Å². The molecule has 0 spiro atoms. The topological polar surface area (TPSA) is 88.2 Å². The van der Waals surface area contributed by atoms with Gasteiger partial charge in [-0.15, -0.1) is 0 Å². The van der Waals surface area contributed by atoms with Crippen molar-refractivity contribution in [3.8, 4) is 0 Å². The van der Waals surface area contributed by atoms with Crippen LogP contribution in [0.15, 0.2) is 77.8 Å². The fourth-order valence-corrected chi connectivity index (χ4v) is 3.29. The Bertz CT molecular complexity index is 1020. The molecule has 0 fully saturated rings. The van der Waals surface area contributed by atoms with Gasteiger partial charge in [-0.25, -0.2) is 17.8 Å². The summed E-state index contributed by atoms with van der Waals surface area (Å²) in [6.07, 6.45) is 1.53. The van der Waals surface area contributed by atoms with Crippen molar-refractivity contribution in [1.29, 1.82) is 0 Å². The molecule has 1 aromatic heterocycles. The lowest BCUT2D eigenvalue weighted by Crippen LogP contribution is -2.19. The maximum absolute atomic E-state index is 13.0. The Morgan fingerprint density at radius 2 is 1.62 bits per heavy atom. The Kier molecular flexibility index (Phi) is 4.94. The number of halogens is 1. The number of carbonyl (C=O) groups is 1. The van der Waals surface area contributed by atoms with E-state index in [1.165, 1.54) is 18.3 Å². The highest BCUT2D eigenvalue weighted by Gasteiger charge is 2.19. The maximum Gasteiger partial charge on any atom is 0.261 e. The molecule has 26 heavy (non-hydrogen) atoms. The summed E-state index contributed by atoms with van der Waals surface area (Å²) in [5.41, 5.74) is 0.231. The third-order valence-electron chi connectivity index (χ3n) is 3.45. The van der Waals surface area contributed by atoms with Crippen LogP contribution in [0.4, 0.5) is 15.9 Å². The molecule has 6 nitrogen and oxygen atoms in total. The van der Waals surface area contributed by atoms with E-state index in [-0.39, 0.29) is 16.1 Å². The van der Waals surface area contributed by atoms with E-state index in [0.29, 0.717) is 5.82 Å². The number of nitrogens with zero attached hydrogens (tertiary/aromatic N) is 1.